The molecule has 7 heteroatoms. The highest BCUT2D eigenvalue weighted by molar-refractivity contribution is 6.04. The Morgan fingerprint density at radius 3 is 2.52 bits per heavy atom. The molecule has 128 valence electrons. The van der Waals surface area contributed by atoms with Gasteiger partial charge in [-0.3, -0.25) is 10.1 Å². The molecule has 0 saturated carbocycles. The number of ether oxygens (including phenoxy) is 1. The molecular formula is C18H18N4O3. The zero-order chi connectivity index (χ0) is 18.4. The van der Waals surface area contributed by atoms with Crippen molar-refractivity contribution in [1.29, 1.82) is 5.26 Å². The number of hydrogen-bond acceptors (Lipinski definition) is 5. The number of nitrogens with zero attached hydrogens (tertiary/aromatic N) is 2. The van der Waals surface area contributed by atoms with Crippen LogP contribution < -0.4 is 10.6 Å². The molecule has 0 spiro atoms. The molecule has 2 rings (SSSR count). The van der Waals surface area contributed by atoms with Gasteiger partial charge in [-0.15, -0.1) is 0 Å². The van der Waals surface area contributed by atoms with Gasteiger partial charge in [0.15, 0.2) is 0 Å². The van der Waals surface area contributed by atoms with Crippen LogP contribution in [0.3, 0.4) is 0 Å². The van der Waals surface area contributed by atoms with Crippen LogP contribution in [-0.4, -0.2) is 22.6 Å². The highest BCUT2D eigenvalue weighted by atomic mass is 16.6. The molecule has 1 heterocycles. The third-order valence-electron chi connectivity index (χ3n) is 2.90. The zero-order valence-electron chi connectivity index (χ0n) is 14.2. The Labute approximate surface area is 145 Å². The van der Waals surface area contributed by atoms with E-state index < -0.39 is 11.7 Å². The van der Waals surface area contributed by atoms with Gasteiger partial charge in [-0.2, -0.15) is 5.26 Å². The maximum Gasteiger partial charge on any atom is 0.413 e. The number of carbonyl (C=O) groups is 2. The predicted octanol–water partition coefficient (Wildman–Crippen LogP) is 3.55. The third kappa shape index (κ3) is 5.62. The van der Waals surface area contributed by atoms with E-state index in [9.17, 15) is 9.59 Å². The highest BCUT2D eigenvalue weighted by Gasteiger charge is 2.16. The molecule has 0 fully saturated rings. The normalized spacial score (nSPS) is 10.5. The second-order valence-electron chi connectivity index (χ2n) is 6.21. The first-order chi connectivity index (χ1) is 11.8. The van der Waals surface area contributed by atoms with Crippen LogP contribution in [0.25, 0.3) is 0 Å². The second kappa shape index (κ2) is 7.45. The van der Waals surface area contributed by atoms with Gasteiger partial charge >= 0.3 is 6.09 Å². The minimum absolute atomic E-state index is 0.304. The Balaban J connectivity index is 1.99. The van der Waals surface area contributed by atoms with Crippen molar-refractivity contribution in [2.75, 3.05) is 10.6 Å². The van der Waals surface area contributed by atoms with Crippen LogP contribution in [0.15, 0.2) is 42.6 Å². The van der Waals surface area contributed by atoms with Crippen molar-refractivity contribution in [3.05, 3.63) is 53.7 Å². The molecule has 0 saturated heterocycles. The van der Waals surface area contributed by atoms with Crippen molar-refractivity contribution >= 4 is 23.5 Å². The lowest BCUT2D eigenvalue weighted by atomic mass is 10.1. The summed E-state index contributed by atoms with van der Waals surface area (Å²) in [7, 11) is 0. The van der Waals surface area contributed by atoms with E-state index >= 15 is 0 Å². The minimum atomic E-state index is -0.606. The van der Waals surface area contributed by atoms with Crippen LogP contribution in [0.4, 0.5) is 16.3 Å². The van der Waals surface area contributed by atoms with Crippen molar-refractivity contribution in [2.24, 2.45) is 0 Å². The van der Waals surface area contributed by atoms with Gasteiger partial charge in [-0.05, 0) is 51.1 Å². The number of anilines is 2. The SMILES string of the molecule is CC(C)(C)OC(=O)Nc1ccc(NC(=O)c2cccc(C#N)c2)cn1. The summed E-state index contributed by atoms with van der Waals surface area (Å²) in [6, 6.07) is 11.5. The molecular weight excluding hydrogens is 320 g/mol. The number of hydrogen-bond donors (Lipinski definition) is 2. The lowest BCUT2D eigenvalue weighted by Gasteiger charge is -2.19. The smallest absolute Gasteiger partial charge is 0.413 e. The molecule has 2 amide bonds. The van der Waals surface area contributed by atoms with Gasteiger partial charge in [-0.25, -0.2) is 9.78 Å². The summed E-state index contributed by atoms with van der Waals surface area (Å²) in [5, 5.41) is 14.0. The van der Waals surface area contributed by atoms with Crippen molar-refractivity contribution in [1.82, 2.24) is 4.98 Å². The average Bonchev–Trinajstić information content (AvgIpc) is 2.55. The van der Waals surface area contributed by atoms with Crippen LogP contribution in [0.5, 0.6) is 0 Å². The van der Waals surface area contributed by atoms with E-state index in [1.165, 1.54) is 12.3 Å². The lowest BCUT2D eigenvalue weighted by molar-refractivity contribution is 0.0635. The van der Waals surface area contributed by atoms with E-state index in [-0.39, 0.29) is 5.91 Å². The Morgan fingerprint density at radius 1 is 1.16 bits per heavy atom. The third-order valence-corrected chi connectivity index (χ3v) is 2.90. The number of carbonyl (C=O) groups excluding carboxylic acids is 2. The van der Waals surface area contributed by atoms with E-state index in [4.69, 9.17) is 10.00 Å². The Kier molecular flexibility index (Phi) is 5.35. The molecule has 7 nitrogen and oxygen atoms in total. The van der Waals surface area contributed by atoms with Gasteiger partial charge in [-0.1, -0.05) is 6.07 Å². The number of amides is 2. The molecule has 0 bridgehead atoms. The van der Waals surface area contributed by atoms with E-state index in [0.717, 1.165) is 0 Å². The molecule has 2 aromatic rings. The van der Waals surface area contributed by atoms with Crippen LogP contribution in [0, 0.1) is 11.3 Å². The van der Waals surface area contributed by atoms with Gasteiger partial charge in [0.25, 0.3) is 5.91 Å². The molecule has 1 aromatic heterocycles. The fourth-order valence-electron chi connectivity index (χ4n) is 1.88. The zero-order valence-corrected chi connectivity index (χ0v) is 14.2. The summed E-state index contributed by atoms with van der Waals surface area (Å²) in [4.78, 5) is 27.9. The maximum absolute atomic E-state index is 12.2. The standard InChI is InChI=1S/C18H18N4O3/c1-18(2,3)25-17(24)22-15-8-7-14(11-20-15)21-16(23)13-6-4-5-12(9-13)10-19/h4-9,11H,1-3H3,(H,21,23)(H,20,22,24). The van der Waals surface area contributed by atoms with Crippen molar-refractivity contribution in [3.8, 4) is 6.07 Å². The number of aromatic nitrogens is 1. The largest absolute Gasteiger partial charge is 0.444 e. The molecule has 0 aliphatic heterocycles. The van der Waals surface area contributed by atoms with Gasteiger partial charge in [0.1, 0.15) is 11.4 Å². The summed E-state index contributed by atoms with van der Waals surface area (Å²) in [5.74, 6) is -0.0505. The van der Waals surface area contributed by atoms with Crippen molar-refractivity contribution in [2.45, 2.75) is 26.4 Å². The van der Waals surface area contributed by atoms with Crippen LogP contribution in [-0.2, 0) is 4.74 Å². The van der Waals surface area contributed by atoms with E-state index in [0.29, 0.717) is 22.6 Å². The minimum Gasteiger partial charge on any atom is -0.444 e. The maximum atomic E-state index is 12.2. The van der Waals surface area contributed by atoms with Crippen LogP contribution in [0.1, 0.15) is 36.7 Å². The quantitative estimate of drug-likeness (QED) is 0.890. The highest BCUT2D eigenvalue weighted by Crippen LogP contribution is 2.14. The Hall–Kier alpha value is -3.40. The summed E-state index contributed by atoms with van der Waals surface area (Å²) in [6.07, 6.45) is 0.809. The van der Waals surface area contributed by atoms with E-state index in [1.807, 2.05) is 6.07 Å². The van der Waals surface area contributed by atoms with Gasteiger partial charge in [0, 0.05) is 5.56 Å². The first-order valence-corrected chi connectivity index (χ1v) is 7.54. The summed E-state index contributed by atoms with van der Waals surface area (Å²) >= 11 is 0. The first-order valence-electron chi connectivity index (χ1n) is 7.54. The van der Waals surface area contributed by atoms with Gasteiger partial charge in [0.2, 0.25) is 0 Å². The molecule has 25 heavy (non-hydrogen) atoms. The Bertz CT molecular complexity index is 817. The topological polar surface area (TPSA) is 104 Å². The molecule has 2 N–H and O–H groups in total. The average molecular weight is 338 g/mol. The number of pyridine rings is 1. The Morgan fingerprint density at radius 2 is 1.92 bits per heavy atom. The number of rotatable bonds is 3. The molecule has 0 radical (unpaired) electrons. The predicted molar refractivity (Wildman–Crippen MR) is 93.2 cm³/mol. The molecule has 0 atom stereocenters. The summed E-state index contributed by atoms with van der Waals surface area (Å²) in [5.41, 5.74) is 0.635. The van der Waals surface area contributed by atoms with Crippen molar-refractivity contribution in [3.63, 3.8) is 0 Å². The molecule has 1 aromatic carbocycles. The fraction of sp³-hybridized carbons (Fsp3) is 0.222. The van der Waals surface area contributed by atoms with Gasteiger partial charge in [0.05, 0.1) is 23.5 Å². The first kappa shape index (κ1) is 17.9. The molecule has 0 aliphatic carbocycles. The number of nitriles is 1. The second-order valence-corrected chi connectivity index (χ2v) is 6.21. The van der Waals surface area contributed by atoms with E-state index in [1.54, 1.807) is 51.1 Å². The molecule has 0 aliphatic rings. The number of benzene rings is 1. The lowest BCUT2D eigenvalue weighted by Crippen LogP contribution is -2.27. The van der Waals surface area contributed by atoms with Crippen LogP contribution in [0.2, 0.25) is 0 Å². The van der Waals surface area contributed by atoms with Crippen LogP contribution >= 0.6 is 0 Å². The van der Waals surface area contributed by atoms with Gasteiger partial charge < -0.3 is 10.1 Å². The number of nitrogens with one attached hydrogen (secondary N) is 2. The fourth-order valence-corrected chi connectivity index (χ4v) is 1.88. The molecule has 0 unspecified atom stereocenters. The summed E-state index contributed by atoms with van der Waals surface area (Å²) in [6.45, 7) is 5.29. The van der Waals surface area contributed by atoms with E-state index in [2.05, 4.69) is 15.6 Å². The monoisotopic (exact) mass is 338 g/mol. The van der Waals surface area contributed by atoms with Crippen molar-refractivity contribution < 1.29 is 14.3 Å². The summed E-state index contributed by atoms with van der Waals surface area (Å²) < 4.78 is 5.13.